The van der Waals surface area contributed by atoms with Crippen LogP contribution in [0.15, 0.2) is 16.4 Å². The van der Waals surface area contributed by atoms with E-state index in [2.05, 4.69) is 15.5 Å². The Morgan fingerprint density at radius 3 is 3.04 bits per heavy atom. The molecular formula is C12H16N6O3S2. The average Bonchev–Trinajstić information content (AvgIpc) is 2.97. The molecule has 0 spiro atoms. The SMILES string of the molecule is NCCCn1nnnc1SCC1=C(C(=O)O)N2C(=O)CC2SC1. The van der Waals surface area contributed by atoms with E-state index in [0.717, 1.165) is 12.0 Å². The molecule has 1 fully saturated rings. The van der Waals surface area contributed by atoms with Gasteiger partial charge in [-0.25, -0.2) is 9.48 Å². The van der Waals surface area contributed by atoms with Gasteiger partial charge in [-0.1, -0.05) is 11.8 Å². The Hall–Kier alpha value is -1.59. The predicted octanol–water partition coefficient (Wildman–Crippen LogP) is -0.242. The van der Waals surface area contributed by atoms with Gasteiger partial charge in [-0.15, -0.1) is 16.9 Å². The number of carbonyl (C=O) groups is 2. The van der Waals surface area contributed by atoms with Gasteiger partial charge in [-0.05, 0) is 29.0 Å². The van der Waals surface area contributed by atoms with E-state index in [1.54, 1.807) is 16.4 Å². The van der Waals surface area contributed by atoms with E-state index in [4.69, 9.17) is 5.73 Å². The molecule has 3 rings (SSSR count). The van der Waals surface area contributed by atoms with E-state index in [0.29, 0.717) is 36.2 Å². The van der Waals surface area contributed by atoms with Crippen LogP contribution in [0.3, 0.4) is 0 Å². The van der Waals surface area contributed by atoms with E-state index in [9.17, 15) is 14.7 Å². The second-order valence-electron chi connectivity index (χ2n) is 5.11. The van der Waals surface area contributed by atoms with Crippen LogP contribution in [0.1, 0.15) is 12.8 Å². The minimum absolute atomic E-state index is 0.0303. The molecule has 1 atom stereocenters. The molecule has 2 aliphatic rings. The molecule has 1 amide bonds. The van der Waals surface area contributed by atoms with Crippen LogP contribution in [0.4, 0.5) is 0 Å². The van der Waals surface area contributed by atoms with Crippen molar-refractivity contribution in [3.05, 3.63) is 11.3 Å². The lowest BCUT2D eigenvalue weighted by Crippen LogP contribution is -2.54. The monoisotopic (exact) mass is 356 g/mol. The van der Waals surface area contributed by atoms with Gasteiger partial charge in [0.2, 0.25) is 11.1 Å². The molecule has 1 aromatic heterocycles. The van der Waals surface area contributed by atoms with Crippen molar-refractivity contribution < 1.29 is 14.7 Å². The van der Waals surface area contributed by atoms with E-state index in [-0.39, 0.29) is 17.0 Å². The summed E-state index contributed by atoms with van der Waals surface area (Å²) in [4.78, 5) is 24.6. The maximum atomic E-state index is 11.7. The van der Waals surface area contributed by atoms with Crippen LogP contribution in [0, 0.1) is 0 Å². The summed E-state index contributed by atoms with van der Waals surface area (Å²) in [6.45, 7) is 1.17. The highest BCUT2D eigenvalue weighted by atomic mass is 32.2. The Kier molecular flexibility index (Phi) is 4.87. The number of thioether (sulfide) groups is 2. The maximum absolute atomic E-state index is 11.7. The fourth-order valence-corrected chi connectivity index (χ4v) is 4.73. The zero-order valence-electron chi connectivity index (χ0n) is 12.2. The Morgan fingerprint density at radius 1 is 1.52 bits per heavy atom. The van der Waals surface area contributed by atoms with Crippen molar-refractivity contribution in [1.82, 2.24) is 25.1 Å². The first-order chi connectivity index (χ1) is 11.1. The standard InChI is InChI=1S/C12H16N6O3S2/c13-2-1-3-17-12(14-15-16-17)23-6-7-5-22-9-4-8(19)18(9)10(7)11(20)21/h9H,1-6,13H2,(H,20,21). The number of aromatic nitrogens is 4. The number of carboxylic acid groups (broad SMARTS) is 1. The molecule has 124 valence electrons. The molecule has 23 heavy (non-hydrogen) atoms. The fourth-order valence-electron chi connectivity index (χ4n) is 2.42. The van der Waals surface area contributed by atoms with Gasteiger partial charge in [-0.2, -0.15) is 0 Å². The van der Waals surface area contributed by atoms with Gasteiger partial charge in [0, 0.05) is 18.1 Å². The lowest BCUT2D eigenvalue weighted by atomic mass is 10.1. The molecule has 1 aromatic rings. The van der Waals surface area contributed by atoms with Crippen LogP contribution in [-0.4, -0.2) is 65.5 Å². The Labute approximate surface area is 140 Å². The van der Waals surface area contributed by atoms with Crippen LogP contribution in [0.2, 0.25) is 0 Å². The molecule has 1 unspecified atom stereocenters. The number of fused-ring (bicyclic) bond motifs is 1. The Bertz CT molecular complexity index is 661. The number of carboxylic acids is 1. The first kappa shape index (κ1) is 16.3. The lowest BCUT2D eigenvalue weighted by Gasteiger charge is -2.43. The smallest absolute Gasteiger partial charge is 0.352 e. The van der Waals surface area contributed by atoms with Gasteiger partial charge >= 0.3 is 5.97 Å². The molecular weight excluding hydrogens is 340 g/mol. The van der Waals surface area contributed by atoms with Gasteiger partial charge in [-0.3, -0.25) is 9.69 Å². The van der Waals surface area contributed by atoms with Crippen molar-refractivity contribution >= 4 is 35.4 Å². The summed E-state index contributed by atoms with van der Waals surface area (Å²) >= 11 is 2.97. The summed E-state index contributed by atoms with van der Waals surface area (Å²) in [5.74, 6) is -0.141. The summed E-state index contributed by atoms with van der Waals surface area (Å²) < 4.78 is 1.66. The van der Waals surface area contributed by atoms with Crippen molar-refractivity contribution in [3.8, 4) is 0 Å². The third kappa shape index (κ3) is 3.21. The predicted molar refractivity (Wildman–Crippen MR) is 84.6 cm³/mol. The molecule has 0 aromatic carbocycles. The number of tetrazole rings is 1. The molecule has 2 aliphatic heterocycles. The highest BCUT2D eigenvalue weighted by molar-refractivity contribution is 8.00. The number of β-lactam (4-membered cyclic amide) rings is 1. The molecule has 0 saturated carbocycles. The molecule has 0 aliphatic carbocycles. The third-order valence-electron chi connectivity index (χ3n) is 3.58. The van der Waals surface area contributed by atoms with Crippen LogP contribution in [0.25, 0.3) is 0 Å². The van der Waals surface area contributed by atoms with Crippen molar-refractivity contribution in [2.75, 3.05) is 18.1 Å². The van der Waals surface area contributed by atoms with E-state index in [1.807, 2.05) is 0 Å². The second-order valence-corrected chi connectivity index (χ2v) is 7.21. The second kappa shape index (κ2) is 6.89. The van der Waals surface area contributed by atoms with Crippen LogP contribution >= 0.6 is 23.5 Å². The average molecular weight is 356 g/mol. The number of hydrogen-bond donors (Lipinski definition) is 2. The van der Waals surface area contributed by atoms with Gasteiger partial charge in [0.05, 0.1) is 11.8 Å². The summed E-state index contributed by atoms with van der Waals surface area (Å²) in [6.07, 6.45) is 1.18. The number of rotatable bonds is 7. The quantitative estimate of drug-likeness (QED) is 0.502. The normalized spacial score (nSPS) is 20.5. The first-order valence-corrected chi connectivity index (χ1v) is 9.13. The number of amides is 1. The van der Waals surface area contributed by atoms with Crippen LogP contribution < -0.4 is 5.73 Å². The molecule has 0 bridgehead atoms. The Balaban J connectivity index is 1.73. The fraction of sp³-hybridized carbons (Fsp3) is 0.583. The first-order valence-electron chi connectivity index (χ1n) is 7.10. The molecule has 3 N–H and O–H groups in total. The largest absolute Gasteiger partial charge is 0.477 e. The van der Waals surface area contributed by atoms with Gasteiger partial charge in [0.15, 0.2) is 0 Å². The van der Waals surface area contributed by atoms with Crippen molar-refractivity contribution in [1.29, 1.82) is 0 Å². The molecule has 11 heteroatoms. The van der Waals surface area contributed by atoms with Crippen LogP contribution in [0.5, 0.6) is 0 Å². The zero-order chi connectivity index (χ0) is 16.4. The number of nitrogens with two attached hydrogens (primary N) is 1. The minimum atomic E-state index is -1.05. The van der Waals surface area contributed by atoms with Gasteiger partial charge in [0.1, 0.15) is 5.70 Å². The molecule has 0 radical (unpaired) electrons. The zero-order valence-corrected chi connectivity index (χ0v) is 13.8. The summed E-state index contributed by atoms with van der Waals surface area (Å²) in [6, 6.07) is 0. The number of carbonyl (C=O) groups excluding carboxylic acids is 1. The highest BCUT2D eigenvalue weighted by Crippen LogP contribution is 2.41. The number of aryl methyl sites for hydroxylation is 1. The highest BCUT2D eigenvalue weighted by Gasteiger charge is 2.45. The molecule has 1 saturated heterocycles. The van der Waals surface area contributed by atoms with Crippen molar-refractivity contribution in [2.45, 2.75) is 29.9 Å². The molecule has 3 heterocycles. The van der Waals surface area contributed by atoms with Gasteiger partial charge < -0.3 is 10.8 Å². The third-order valence-corrected chi connectivity index (χ3v) is 5.90. The number of aliphatic carboxylic acids is 1. The topological polar surface area (TPSA) is 127 Å². The number of nitrogens with zero attached hydrogens (tertiary/aromatic N) is 5. The Morgan fingerprint density at radius 2 is 2.35 bits per heavy atom. The van der Waals surface area contributed by atoms with E-state index in [1.165, 1.54) is 16.7 Å². The summed E-state index contributed by atoms with van der Waals surface area (Å²) in [7, 11) is 0. The lowest BCUT2D eigenvalue weighted by molar-refractivity contribution is -0.146. The molecule has 9 nitrogen and oxygen atoms in total. The van der Waals surface area contributed by atoms with E-state index < -0.39 is 5.97 Å². The van der Waals surface area contributed by atoms with Crippen molar-refractivity contribution in [3.63, 3.8) is 0 Å². The summed E-state index contributed by atoms with van der Waals surface area (Å²) in [5, 5.41) is 21.5. The maximum Gasteiger partial charge on any atom is 0.352 e. The van der Waals surface area contributed by atoms with Crippen molar-refractivity contribution in [2.24, 2.45) is 5.73 Å². The van der Waals surface area contributed by atoms with E-state index >= 15 is 0 Å². The summed E-state index contributed by atoms with van der Waals surface area (Å²) in [5.41, 5.74) is 6.33. The number of hydrogen-bond acceptors (Lipinski definition) is 8. The minimum Gasteiger partial charge on any atom is -0.477 e. The van der Waals surface area contributed by atoms with Crippen LogP contribution in [-0.2, 0) is 16.1 Å². The van der Waals surface area contributed by atoms with Gasteiger partial charge in [0.25, 0.3) is 0 Å².